The van der Waals surface area contributed by atoms with Gasteiger partial charge in [0.1, 0.15) is 5.75 Å². The Labute approximate surface area is 117 Å². The van der Waals surface area contributed by atoms with Crippen molar-refractivity contribution < 1.29 is 19.9 Å². The molecule has 0 unspecified atom stereocenters. The van der Waals surface area contributed by atoms with Gasteiger partial charge in [-0.3, -0.25) is 14.8 Å². The van der Waals surface area contributed by atoms with Crippen molar-refractivity contribution in [2.75, 3.05) is 5.32 Å². The quantitative estimate of drug-likeness (QED) is 0.333. The Morgan fingerprint density at radius 1 is 1.00 bits per heavy atom. The van der Waals surface area contributed by atoms with Gasteiger partial charge in [0.25, 0.3) is 0 Å². The number of amides is 2. The van der Waals surface area contributed by atoms with Crippen molar-refractivity contribution in [1.29, 1.82) is 0 Å². The molecule has 0 saturated carbocycles. The van der Waals surface area contributed by atoms with Gasteiger partial charge in [-0.25, -0.2) is 5.48 Å². The van der Waals surface area contributed by atoms with Crippen molar-refractivity contribution in [2.24, 2.45) is 0 Å². The second-order valence-electron chi connectivity index (χ2n) is 4.55. The third-order valence-corrected chi connectivity index (χ3v) is 2.81. The van der Waals surface area contributed by atoms with Gasteiger partial charge in [0.15, 0.2) is 0 Å². The molecule has 6 heteroatoms. The minimum absolute atomic E-state index is 0.0938. The predicted molar refractivity (Wildman–Crippen MR) is 74.4 cm³/mol. The summed E-state index contributed by atoms with van der Waals surface area (Å²) in [5, 5.41) is 20.3. The molecule has 0 atom stereocenters. The number of benzene rings is 1. The minimum Gasteiger partial charge on any atom is -0.508 e. The lowest BCUT2D eigenvalue weighted by atomic mass is 10.1. The molecular formula is C14H20N2O4. The summed E-state index contributed by atoms with van der Waals surface area (Å²) in [5.41, 5.74) is 2.16. The maximum Gasteiger partial charge on any atom is 0.243 e. The predicted octanol–water partition coefficient (Wildman–Crippen LogP) is 2.18. The summed E-state index contributed by atoms with van der Waals surface area (Å²) in [5.74, 6) is -0.361. The Hall–Kier alpha value is -2.08. The molecule has 0 aliphatic heterocycles. The van der Waals surface area contributed by atoms with Crippen molar-refractivity contribution in [3.8, 4) is 5.75 Å². The number of hydrogen-bond acceptors (Lipinski definition) is 4. The summed E-state index contributed by atoms with van der Waals surface area (Å²) in [6.07, 6.45) is 3.83. The van der Waals surface area contributed by atoms with Crippen LogP contribution in [-0.2, 0) is 9.59 Å². The molecule has 0 spiro atoms. The van der Waals surface area contributed by atoms with E-state index < -0.39 is 0 Å². The van der Waals surface area contributed by atoms with Gasteiger partial charge in [-0.05, 0) is 25.0 Å². The van der Waals surface area contributed by atoms with E-state index in [0.29, 0.717) is 24.9 Å². The molecule has 0 bridgehead atoms. The van der Waals surface area contributed by atoms with Crippen LogP contribution in [0.4, 0.5) is 5.69 Å². The van der Waals surface area contributed by atoms with E-state index in [2.05, 4.69) is 5.32 Å². The van der Waals surface area contributed by atoms with Gasteiger partial charge in [0.05, 0.1) is 0 Å². The Bertz CT molecular complexity index is 449. The number of phenols is 1. The summed E-state index contributed by atoms with van der Waals surface area (Å²) in [6.45, 7) is 0. The van der Waals surface area contributed by atoms with E-state index in [1.54, 1.807) is 17.6 Å². The van der Waals surface area contributed by atoms with Crippen LogP contribution in [0.25, 0.3) is 0 Å². The molecule has 0 aliphatic rings. The largest absolute Gasteiger partial charge is 0.508 e. The molecule has 0 aromatic heterocycles. The van der Waals surface area contributed by atoms with Crippen molar-refractivity contribution >= 4 is 17.5 Å². The van der Waals surface area contributed by atoms with Gasteiger partial charge in [-0.15, -0.1) is 0 Å². The first kappa shape index (κ1) is 16.0. The number of aromatic hydroxyl groups is 1. The van der Waals surface area contributed by atoms with Crippen LogP contribution in [0, 0.1) is 0 Å². The standard InChI is InChI=1S/C14H20N2O4/c17-12-7-5-6-11(10-12)15-13(18)8-3-1-2-4-9-14(19)16-20/h5-7,10,17,20H,1-4,8-9H2,(H,15,18)(H,16,19). The second kappa shape index (κ2) is 8.92. The SMILES string of the molecule is O=C(CCCCCCC(=O)Nc1cccc(O)c1)NO. The average molecular weight is 280 g/mol. The zero-order chi connectivity index (χ0) is 14.8. The van der Waals surface area contributed by atoms with E-state index in [4.69, 9.17) is 5.21 Å². The molecule has 1 aromatic rings. The van der Waals surface area contributed by atoms with Crippen LogP contribution < -0.4 is 10.8 Å². The van der Waals surface area contributed by atoms with Crippen molar-refractivity contribution in [3.63, 3.8) is 0 Å². The fourth-order valence-electron chi connectivity index (χ4n) is 1.79. The molecule has 0 saturated heterocycles. The average Bonchev–Trinajstić information content (AvgIpc) is 2.42. The van der Waals surface area contributed by atoms with Gasteiger partial charge in [-0.1, -0.05) is 18.9 Å². The van der Waals surface area contributed by atoms with Gasteiger partial charge < -0.3 is 10.4 Å². The lowest BCUT2D eigenvalue weighted by Gasteiger charge is -2.05. The highest BCUT2D eigenvalue weighted by atomic mass is 16.5. The van der Waals surface area contributed by atoms with Crippen LogP contribution >= 0.6 is 0 Å². The van der Waals surface area contributed by atoms with Gasteiger partial charge in [0.2, 0.25) is 11.8 Å². The first-order valence-corrected chi connectivity index (χ1v) is 6.63. The number of carbonyl (C=O) groups is 2. The summed E-state index contributed by atoms with van der Waals surface area (Å²) in [6, 6.07) is 6.41. The fraction of sp³-hybridized carbons (Fsp3) is 0.429. The van der Waals surface area contributed by atoms with E-state index in [9.17, 15) is 14.7 Å². The first-order chi connectivity index (χ1) is 9.61. The van der Waals surface area contributed by atoms with Crippen LogP contribution in [0.1, 0.15) is 38.5 Å². The van der Waals surface area contributed by atoms with Gasteiger partial charge >= 0.3 is 0 Å². The van der Waals surface area contributed by atoms with Gasteiger partial charge in [-0.2, -0.15) is 0 Å². The van der Waals surface area contributed by atoms with Crippen molar-refractivity contribution in [1.82, 2.24) is 5.48 Å². The minimum atomic E-state index is -0.383. The van der Waals surface area contributed by atoms with E-state index in [1.807, 2.05) is 0 Å². The van der Waals surface area contributed by atoms with Crippen LogP contribution in [-0.4, -0.2) is 22.1 Å². The Balaban J connectivity index is 2.10. The first-order valence-electron chi connectivity index (χ1n) is 6.63. The number of rotatable bonds is 8. The number of phenolic OH excluding ortho intramolecular Hbond substituents is 1. The Morgan fingerprint density at radius 3 is 2.25 bits per heavy atom. The molecule has 0 aliphatic carbocycles. The van der Waals surface area contributed by atoms with Gasteiger partial charge in [0, 0.05) is 24.6 Å². The van der Waals surface area contributed by atoms with Crippen molar-refractivity contribution in [3.05, 3.63) is 24.3 Å². The number of carbonyl (C=O) groups excluding carboxylic acids is 2. The molecule has 20 heavy (non-hydrogen) atoms. The third kappa shape index (κ3) is 6.75. The molecule has 1 aromatic carbocycles. The summed E-state index contributed by atoms with van der Waals surface area (Å²) in [7, 11) is 0. The highest BCUT2D eigenvalue weighted by Crippen LogP contribution is 2.16. The fourth-order valence-corrected chi connectivity index (χ4v) is 1.79. The molecule has 4 N–H and O–H groups in total. The van der Waals surface area contributed by atoms with E-state index in [0.717, 1.165) is 19.3 Å². The summed E-state index contributed by atoms with van der Waals surface area (Å²) in [4.78, 5) is 22.4. The maximum atomic E-state index is 11.6. The van der Waals surface area contributed by atoms with Crippen LogP contribution in [0.2, 0.25) is 0 Å². The second-order valence-corrected chi connectivity index (χ2v) is 4.55. The summed E-state index contributed by atoms with van der Waals surface area (Å²) < 4.78 is 0. The lowest BCUT2D eigenvalue weighted by molar-refractivity contribution is -0.129. The van der Waals surface area contributed by atoms with Crippen LogP contribution in [0.5, 0.6) is 5.75 Å². The number of hydroxylamine groups is 1. The monoisotopic (exact) mass is 280 g/mol. The highest BCUT2D eigenvalue weighted by molar-refractivity contribution is 5.90. The number of anilines is 1. The van der Waals surface area contributed by atoms with Crippen molar-refractivity contribution in [2.45, 2.75) is 38.5 Å². The molecule has 0 heterocycles. The number of unbranched alkanes of at least 4 members (excludes halogenated alkanes) is 3. The van der Waals surface area contributed by atoms with E-state index in [-0.39, 0.29) is 17.6 Å². The molecule has 0 fully saturated rings. The topological polar surface area (TPSA) is 98.7 Å². The smallest absolute Gasteiger partial charge is 0.243 e. The van der Waals surface area contributed by atoms with Crippen LogP contribution in [0.15, 0.2) is 24.3 Å². The Kier molecular flexibility index (Phi) is 7.13. The summed E-state index contributed by atoms with van der Waals surface area (Å²) >= 11 is 0. The number of nitrogens with one attached hydrogen (secondary N) is 2. The maximum absolute atomic E-state index is 11.6. The van der Waals surface area contributed by atoms with Crippen LogP contribution in [0.3, 0.4) is 0 Å². The van der Waals surface area contributed by atoms with E-state index >= 15 is 0 Å². The molecule has 0 radical (unpaired) electrons. The molecule has 1 rings (SSSR count). The number of hydrogen-bond donors (Lipinski definition) is 4. The molecule has 2 amide bonds. The Morgan fingerprint density at radius 2 is 1.65 bits per heavy atom. The molecular weight excluding hydrogens is 260 g/mol. The molecule has 110 valence electrons. The highest BCUT2D eigenvalue weighted by Gasteiger charge is 2.03. The lowest BCUT2D eigenvalue weighted by Crippen LogP contribution is -2.17. The third-order valence-electron chi connectivity index (χ3n) is 2.81. The normalized spacial score (nSPS) is 10.1. The molecule has 6 nitrogen and oxygen atoms in total. The zero-order valence-electron chi connectivity index (χ0n) is 11.3. The van der Waals surface area contributed by atoms with E-state index in [1.165, 1.54) is 12.1 Å². The zero-order valence-corrected chi connectivity index (χ0v) is 11.3.